The van der Waals surface area contributed by atoms with Crippen molar-refractivity contribution in [3.05, 3.63) is 18.7 Å². The molecular weight excluding hydrogens is 276 g/mol. The van der Waals surface area contributed by atoms with Gasteiger partial charge in [0.2, 0.25) is 0 Å². The van der Waals surface area contributed by atoms with Gasteiger partial charge in [-0.15, -0.1) is 0 Å². The standard InChI is InChI=1S/C18H32N2S/c1-3-4-5-6-7-18(14-20-13-12-19-15-20)21-17-10-8-16(2)9-11-17/h12-13,15-18H,3-11,14H2,1-2H3. The van der Waals surface area contributed by atoms with Gasteiger partial charge in [-0.1, -0.05) is 39.5 Å². The minimum atomic E-state index is 0.773. The number of aromatic nitrogens is 2. The lowest BCUT2D eigenvalue weighted by molar-refractivity contribution is 0.392. The highest BCUT2D eigenvalue weighted by Crippen LogP contribution is 2.35. The van der Waals surface area contributed by atoms with E-state index in [0.717, 1.165) is 23.0 Å². The third kappa shape index (κ3) is 6.46. The predicted molar refractivity (Wildman–Crippen MR) is 93.8 cm³/mol. The molecule has 0 bridgehead atoms. The lowest BCUT2D eigenvalue weighted by Crippen LogP contribution is -2.20. The molecule has 120 valence electrons. The maximum absolute atomic E-state index is 4.20. The summed E-state index contributed by atoms with van der Waals surface area (Å²) in [5.74, 6) is 0.957. The average molecular weight is 309 g/mol. The zero-order chi connectivity index (χ0) is 14.9. The second-order valence-corrected chi connectivity index (χ2v) is 8.35. The molecular formula is C18H32N2S. The third-order valence-electron chi connectivity index (χ3n) is 4.70. The van der Waals surface area contributed by atoms with Gasteiger partial charge in [-0.05, 0) is 38.0 Å². The van der Waals surface area contributed by atoms with Crippen molar-refractivity contribution in [1.82, 2.24) is 9.55 Å². The first kappa shape index (κ1) is 16.9. The number of unbranched alkanes of at least 4 members (excludes halogenated alkanes) is 3. The van der Waals surface area contributed by atoms with E-state index >= 15 is 0 Å². The Bertz CT molecular complexity index is 355. The zero-order valence-electron chi connectivity index (χ0n) is 13.8. The van der Waals surface area contributed by atoms with Crippen molar-refractivity contribution in [3.63, 3.8) is 0 Å². The fraction of sp³-hybridized carbons (Fsp3) is 0.833. The first-order valence-electron chi connectivity index (χ1n) is 8.89. The van der Waals surface area contributed by atoms with Gasteiger partial charge >= 0.3 is 0 Å². The molecule has 0 saturated heterocycles. The monoisotopic (exact) mass is 308 g/mol. The van der Waals surface area contributed by atoms with E-state index in [4.69, 9.17) is 0 Å². The van der Waals surface area contributed by atoms with E-state index in [-0.39, 0.29) is 0 Å². The molecule has 1 heterocycles. The molecule has 0 spiro atoms. The number of rotatable bonds is 9. The van der Waals surface area contributed by atoms with Gasteiger partial charge in [0.15, 0.2) is 0 Å². The molecule has 1 unspecified atom stereocenters. The van der Waals surface area contributed by atoms with Gasteiger partial charge in [-0.2, -0.15) is 11.8 Å². The summed E-state index contributed by atoms with van der Waals surface area (Å²) in [4.78, 5) is 4.20. The van der Waals surface area contributed by atoms with Crippen molar-refractivity contribution in [2.45, 2.75) is 88.7 Å². The van der Waals surface area contributed by atoms with Crippen molar-refractivity contribution < 1.29 is 0 Å². The van der Waals surface area contributed by atoms with Gasteiger partial charge in [0.1, 0.15) is 0 Å². The molecule has 0 aromatic carbocycles. The van der Waals surface area contributed by atoms with Crippen LogP contribution in [-0.2, 0) is 6.54 Å². The quantitative estimate of drug-likeness (QED) is 0.558. The number of hydrogen-bond donors (Lipinski definition) is 0. The molecule has 0 radical (unpaired) electrons. The molecule has 1 aliphatic rings. The van der Waals surface area contributed by atoms with Crippen LogP contribution in [-0.4, -0.2) is 20.1 Å². The topological polar surface area (TPSA) is 17.8 Å². The summed E-state index contributed by atoms with van der Waals surface area (Å²) in [6, 6.07) is 0. The highest BCUT2D eigenvalue weighted by molar-refractivity contribution is 8.00. The summed E-state index contributed by atoms with van der Waals surface area (Å²) < 4.78 is 2.27. The Kier molecular flexibility index (Phi) is 7.70. The Labute approximate surface area is 135 Å². The minimum absolute atomic E-state index is 0.773. The number of thioether (sulfide) groups is 1. The summed E-state index contributed by atoms with van der Waals surface area (Å²) >= 11 is 2.28. The largest absolute Gasteiger partial charge is 0.336 e. The van der Waals surface area contributed by atoms with Crippen LogP contribution >= 0.6 is 11.8 Å². The van der Waals surface area contributed by atoms with Crippen molar-refractivity contribution in [3.8, 4) is 0 Å². The van der Waals surface area contributed by atoms with Crippen LogP contribution in [0.25, 0.3) is 0 Å². The van der Waals surface area contributed by atoms with Crippen LogP contribution in [0.4, 0.5) is 0 Å². The Morgan fingerprint density at radius 3 is 2.67 bits per heavy atom. The first-order chi connectivity index (χ1) is 10.3. The minimum Gasteiger partial charge on any atom is -0.336 e. The molecule has 1 aromatic rings. The van der Waals surface area contributed by atoms with E-state index in [9.17, 15) is 0 Å². The molecule has 1 fully saturated rings. The average Bonchev–Trinajstić information content (AvgIpc) is 2.99. The summed E-state index contributed by atoms with van der Waals surface area (Å²) in [6.07, 6.45) is 18.6. The number of imidazole rings is 1. The molecule has 2 nitrogen and oxygen atoms in total. The lowest BCUT2D eigenvalue weighted by atomic mass is 9.91. The van der Waals surface area contributed by atoms with Gasteiger partial charge in [0.25, 0.3) is 0 Å². The molecule has 0 aliphatic heterocycles. The van der Waals surface area contributed by atoms with Crippen molar-refractivity contribution in [2.24, 2.45) is 5.92 Å². The lowest BCUT2D eigenvalue weighted by Gasteiger charge is -2.29. The summed E-state index contributed by atoms with van der Waals surface area (Å²) in [5, 5.41) is 1.68. The van der Waals surface area contributed by atoms with E-state index < -0.39 is 0 Å². The van der Waals surface area contributed by atoms with Crippen LogP contribution in [0.3, 0.4) is 0 Å². The van der Waals surface area contributed by atoms with Crippen LogP contribution in [0.15, 0.2) is 18.7 Å². The van der Waals surface area contributed by atoms with Gasteiger partial charge < -0.3 is 4.57 Å². The molecule has 3 heteroatoms. The highest BCUT2D eigenvalue weighted by atomic mass is 32.2. The summed E-state index contributed by atoms with van der Waals surface area (Å²) in [7, 11) is 0. The smallest absolute Gasteiger partial charge is 0.0946 e. The number of hydrogen-bond acceptors (Lipinski definition) is 2. The Balaban J connectivity index is 1.79. The maximum Gasteiger partial charge on any atom is 0.0946 e. The molecule has 1 saturated carbocycles. The van der Waals surface area contributed by atoms with Crippen LogP contribution < -0.4 is 0 Å². The molecule has 1 atom stereocenters. The van der Waals surface area contributed by atoms with Crippen LogP contribution in [0.5, 0.6) is 0 Å². The van der Waals surface area contributed by atoms with Crippen LogP contribution in [0.2, 0.25) is 0 Å². The SMILES string of the molecule is CCCCCCC(Cn1ccnc1)SC1CCC(C)CC1. The predicted octanol–water partition coefficient (Wildman–Crippen LogP) is 5.53. The van der Waals surface area contributed by atoms with Crippen molar-refractivity contribution in [2.75, 3.05) is 0 Å². The Hall–Kier alpha value is -0.440. The fourth-order valence-electron chi connectivity index (χ4n) is 3.27. The second-order valence-electron chi connectivity index (χ2n) is 6.75. The molecule has 0 N–H and O–H groups in total. The van der Waals surface area contributed by atoms with Gasteiger partial charge in [-0.3, -0.25) is 0 Å². The first-order valence-corrected chi connectivity index (χ1v) is 9.83. The van der Waals surface area contributed by atoms with E-state index in [0.29, 0.717) is 0 Å². The number of nitrogens with zero attached hydrogens (tertiary/aromatic N) is 2. The van der Waals surface area contributed by atoms with E-state index in [2.05, 4.69) is 41.4 Å². The Morgan fingerprint density at radius 2 is 2.00 bits per heavy atom. The van der Waals surface area contributed by atoms with Gasteiger partial charge in [0.05, 0.1) is 6.33 Å². The third-order valence-corrected chi connectivity index (χ3v) is 6.33. The Morgan fingerprint density at radius 1 is 1.19 bits per heavy atom. The van der Waals surface area contributed by atoms with E-state index in [1.807, 2.05) is 12.5 Å². The van der Waals surface area contributed by atoms with Gasteiger partial charge in [-0.25, -0.2) is 4.98 Å². The molecule has 1 aliphatic carbocycles. The summed E-state index contributed by atoms with van der Waals surface area (Å²) in [5.41, 5.74) is 0. The molecule has 0 amide bonds. The fourth-order valence-corrected chi connectivity index (χ4v) is 4.92. The normalized spacial score (nSPS) is 24.1. The zero-order valence-corrected chi connectivity index (χ0v) is 14.7. The molecule has 2 rings (SSSR count). The van der Waals surface area contributed by atoms with Crippen molar-refractivity contribution >= 4 is 11.8 Å². The van der Waals surface area contributed by atoms with Crippen LogP contribution in [0, 0.1) is 5.92 Å². The van der Waals surface area contributed by atoms with Crippen molar-refractivity contribution in [1.29, 1.82) is 0 Å². The highest BCUT2D eigenvalue weighted by Gasteiger charge is 2.22. The van der Waals surface area contributed by atoms with E-state index in [1.165, 1.54) is 57.8 Å². The van der Waals surface area contributed by atoms with Crippen LogP contribution in [0.1, 0.15) is 71.6 Å². The summed E-state index contributed by atoms with van der Waals surface area (Å²) in [6.45, 7) is 5.85. The molecule has 1 aromatic heterocycles. The van der Waals surface area contributed by atoms with Gasteiger partial charge in [0, 0.05) is 29.4 Å². The second kappa shape index (κ2) is 9.55. The van der Waals surface area contributed by atoms with E-state index in [1.54, 1.807) is 0 Å². The maximum atomic E-state index is 4.20. The molecule has 21 heavy (non-hydrogen) atoms.